The van der Waals surface area contributed by atoms with Gasteiger partial charge in [0.2, 0.25) is 15.3 Å². The van der Waals surface area contributed by atoms with Crippen LogP contribution >= 0.6 is 11.6 Å². The van der Waals surface area contributed by atoms with Gasteiger partial charge in [0.05, 0.1) is 25.6 Å². The van der Waals surface area contributed by atoms with Gasteiger partial charge in [-0.1, -0.05) is 0 Å². The predicted molar refractivity (Wildman–Crippen MR) is 85.3 cm³/mol. The minimum absolute atomic E-state index is 0.112. The van der Waals surface area contributed by atoms with Crippen LogP contribution in [0.2, 0.25) is 5.28 Å². The molecule has 1 unspecified atom stereocenters. The Balaban J connectivity index is 2.01. The summed E-state index contributed by atoms with van der Waals surface area (Å²) >= 11 is 5.69. The number of sulfonamides is 1. The lowest BCUT2D eigenvalue weighted by atomic mass is 10.3. The van der Waals surface area contributed by atoms with Crippen LogP contribution in [0, 0.1) is 0 Å². The molecule has 1 aromatic heterocycles. The maximum absolute atomic E-state index is 12.2. The van der Waals surface area contributed by atoms with Crippen molar-refractivity contribution in [2.75, 3.05) is 24.2 Å². The minimum Gasteiger partial charge on any atom is -0.464 e. The predicted octanol–water partition coefficient (Wildman–Crippen LogP) is 1.20. The highest BCUT2D eigenvalue weighted by Gasteiger charge is 2.33. The zero-order valence-corrected chi connectivity index (χ0v) is 15.0. The number of hydrogen-bond donors (Lipinski definition) is 1. The molecular weight excluding hydrogens is 362 g/mol. The van der Waals surface area contributed by atoms with Crippen LogP contribution in [0.25, 0.3) is 0 Å². The van der Waals surface area contributed by atoms with E-state index in [9.17, 15) is 13.2 Å². The fraction of sp³-hybridized carbons (Fsp3) is 0.615. The van der Waals surface area contributed by atoms with E-state index in [0.29, 0.717) is 6.61 Å². The Morgan fingerprint density at radius 2 is 2.21 bits per heavy atom. The molecule has 0 aliphatic carbocycles. The molecule has 134 valence electrons. The Hall–Kier alpha value is -1.49. The second-order valence-corrected chi connectivity index (χ2v) is 7.74. The number of methoxy groups -OCH3 is 1. The van der Waals surface area contributed by atoms with E-state index in [4.69, 9.17) is 21.1 Å². The topological polar surface area (TPSA) is 117 Å². The van der Waals surface area contributed by atoms with Gasteiger partial charge < -0.3 is 14.2 Å². The quantitative estimate of drug-likeness (QED) is 0.578. The first-order chi connectivity index (χ1) is 11.1. The number of halogens is 1. The molecule has 0 bridgehead atoms. The molecule has 0 radical (unpaired) electrons. The first kappa shape index (κ1) is 18.8. The fourth-order valence-corrected chi connectivity index (χ4v) is 3.36. The number of hydrogen-bond acceptors (Lipinski definition) is 8. The largest absolute Gasteiger partial charge is 0.464 e. The number of rotatable bonds is 6. The first-order valence-corrected chi connectivity index (χ1v) is 9.08. The van der Waals surface area contributed by atoms with Crippen LogP contribution in [-0.4, -0.2) is 55.7 Å². The van der Waals surface area contributed by atoms with Gasteiger partial charge in [0.15, 0.2) is 11.5 Å². The number of anilines is 1. The van der Waals surface area contributed by atoms with Crippen molar-refractivity contribution in [3.63, 3.8) is 0 Å². The van der Waals surface area contributed by atoms with E-state index in [1.165, 1.54) is 7.11 Å². The summed E-state index contributed by atoms with van der Waals surface area (Å²) in [4.78, 5) is 18.9. The van der Waals surface area contributed by atoms with E-state index in [1.807, 2.05) is 0 Å². The lowest BCUT2D eigenvalue weighted by Gasteiger charge is -2.17. The molecule has 0 saturated carbocycles. The summed E-state index contributed by atoms with van der Waals surface area (Å²) in [7, 11) is -2.54. The first-order valence-electron chi connectivity index (χ1n) is 7.05. The normalized spacial score (nSPS) is 19.9. The number of ether oxygens (including phenoxy) is 3. The Kier molecular flexibility index (Phi) is 5.63. The third-order valence-corrected chi connectivity index (χ3v) is 4.59. The number of aromatic nitrogens is 2. The molecule has 1 saturated heterocycles. The van der Waals surface area contributed by atoms with Crippen LogP contribution in [0.1, 0.15) is 30.8 Å². The van der Waals surface area contributed by atoms with Crippen molar-refractivity contribution in [1.82, 2.24) is 9.97 Å². The van der Waals surface area contributed by atoms with Crippen molar-refractivity contribution in [2.24, 2.45) is 0 Å². The summed E-state index contributed by atoms with van der Waals surface area (Å²) in [5.41, 5.74) is -0.149. The molecule has 1 atom stereocenters. The standard InChI is InChI=1S/C13H18ClN3O6S/c1-13(2)22-7-8(23-13)4-5-24(19,20)17-10-6-9(11(18)21-3)15-12(14)16-10/h6,8H,4-5,7H2,1-3H3,(H,15,16,17). The van der Waals surface area contributed by atoms with Crippen molar-refractivity contribution in [2.45, 2.75) is 32.2 Å². The van der Waals surface area contributed by atoms with Crippen molar-refractivity contribution in [3.8, 4) is 0 Å². The van der Waals surface area contributed by atoms with Gasteiger partial charge in [0, 0.05) is 6.07 Å². The van der Waals surface area contributed by atoms with Crippen LogP contribution in [0.5, 0.6) is 0 Å². The Morgan fingerprint density at radius 1 is 1.50 bits per heavy atom. The SMILES string of the molecule is COC(=O)c1cc(NS(=O)(=O)CCC2COC(C)(C)O2)nc(Cl)n1. The summed E-state index contributed by atoms with van der Waals surface area (Å²) in [6.07, 6.45) is -0.0577. The van der Waals surface area contributed by atoms with E-state index < -0.39 is 21.8 Å². The summed E-state index contributed by atoms with van der Waals surface area (Å²) in [6, 6.07) is 1.15. The molecule has 1 aromatic rings. The Labute approximate surface area is 144 Å². The second-order valence-electron chi connectivity index (χ2n) is 5.56. The summed E-state index contributed by atoms with van der Waals surface area (Å²) in [5, 5.41) is -0.273. The average molecular weight is 380 g/mol. The number of nitrogens with zero attached hydrogens (tertiary/aromatic N) is 2. The zero-order valence-electron chi connectivity index (χ0n) is 13.4. The maximum Gasteiger partial charge on any atom is 0.356 e. The van der Waals surface area contributed by atoms with Gasteiger partial charge in [-0.15, -0.1) is 0 Å². The van der Waals surface area contributed by atoms with Crippen molar-refractivity contribution in [3.05, 3.63) is 17.0 Å². The molecule has 2 heterocycles. The molecular formula is C13H18ClN3O6S. The minimum atomic E-state index is -3.71. The van der Waals surface area contributed by atoms with Gasteiger partial charge in [0.25, 0.3) is 0 Å². The molecule has 1 aliphatic heterocycles. The Bertz CT molecular complexity index is 724. The molecule has 11 heteroatoms. The Morgan fingerprint density at radius 3 is 2.79 bits per heavy atom. The number of esters is 1. The van der Waals surface area contributed by atoms with Gasteiger partial charge in [-0.3, -0.25) is 4.72 Å². The highest BCUT2D eigenvalue weighted by molar-refractivity contribution is 7.92. The number of carbonyl (C=O) groups is 1. The molecule has 1 aliphatic rings. The lowest BCUT2D eigenvalue weighted by molar-refractivity contribution is -0.138. The monoisotopic (exact) mass is 379 g/mol. The molecule has 0 spiro atoms. The summed E-state index contributed by atoms with van der Waals surface area (Å²) in [6.45, 7) is 3.85. The lowest BCUT2D eigenvalue weighted by Crippen LogP contribution is -2.25. The molecule has 1 fully saturated rings. The van der Waals surface area contributed by atoms with Crippen LogP contribution < -0.4 is 4.72 Å². The van der Waals surface area contributed by atoms with Gasteiger partial charge in [-0.2, -0.15) is 4.98 Å². The number of carbonyl (C=O) groups excluding carboxylic acids is 1. The maximum atomic E-state index is 12.2. The smallest absolute Gasteiger partial charge is 0.356 e. The van der Waals surface area contributed by atoms with E-state index >= 15 is 0 Å². The van der Waals surface area contributed by atoms with E-state index in [0.717, 1.165) is 6.07 Å². The van der Waals surface area contributed by atoms with Gasteiger partial charge in [0.1, 0.15) is 5.82 Å². The van der Waals surface area contributed by atoms with E-state index in [-0.39, 0.29) is 35.1 Å². The third-order valence-electron chi connectivity index (χ3n) is 3.13. The van der Waals surface area contributed by atoms with E-state index in [1.54, 1.807) is 13.8 Å². The van der Waals surface area contributed by atoms with Crippen LogP contribution in [0.15, 0.2) is 6.07 Å². The molecule has 9 nitrogen and oxygen atoms in total. The molecule has 1 N–H and O–H groups in total. The molecule has 24 heavy (non-hydrogen) atoms. The fourth-order valence-electron chi connectivity index (χ4n) is 2.08. The highest BCUT2D eigenvalue weighted by atomic mass is 35.5. The summed E-state index contributed by atoms with van der Waals surface area (Å²) < 4.78 is 42.0. The van der Waals surface area contributed by atoms with Crippen LogP contribution in [-0.2, 0) is 24.2 Å². The second kappa shape index (κ2) is 7.18. The summed E-state index contributed by atoms with van der Waals surface area (Å²) in [5.74, 6) is -1.78. The van der Waals surface area contributed by atoms with Crippen LogP contribution in [0.3, 0.4) is 0 Å². The molecule has 0 aromatic carbocycles. The number of nitrogens with one attached hydrogen (secondary N) is 1. The van der Waals surface area contributed by atoms with Crippen molar-refractivity contribution >= 4 is 33.4 Å². The van der Waals surface area contributed by atoms with Gasteiger partial charge in [-0.05, 0) is 31.9 Å². The van der Waals surface area contributed by atoms with Crippen LogP contribution in [0.4, 0.5) is 5.82 Å². The van der Waals surface area contributed by atoms with Crippen molar-refractivity contribution < 1.29 is 27.4 Å². The molecule has 0 amide bonds. The molecule has 2 rings (SSSR count). The van der Waals surface area contributed by atoms with Gasteiger partial charge in [-0.25, -0.2) is 18.2 Å². The zero-order chi connectivity index (χ0) is 18.0. The van der Waals surface area contributed by atoms with Crippen molar-refractivity contribution in [1.29, 1.82) is 0 Å². The van der Waals surface area contributed by atoms with E-state index in [2.05, 4.69) is 19.4 Å². The average Bonchev–Trinajstić information content (AvgIpc) is 2.83. The highest BCUT2D eigenvalue weighted by Crippen LogP contribution is 2.24. The van der Waals surface area contributed by atoms with Gasteiger partial charge >= 0.3 is 5.97 Å². The third kappa shape index (κ3) is 5.26.